The van der Waals surface area contributed by atoms with Gasteiger partial charge in [-0.1, -0.05) is 22.0 Å². The summed E-state index contributed by atoms with van der Waals surface area (Å²) in [5, 5.41) is 6.41. The number of anilines is 1. The molecule has 5 heteroatoms. The molecule has 0 bridgehead atoms. The van der Waals surface area contributed by atoms with Crippen LogP contribution < -0.4 is 15.5 Å². The van der Waals surface area contributed by atoms with Crippen molar-refractivity contribution in [2.75, 3.05) is 24.5 Å². The Kier molecular flexibility index (Phi) is 6.06. The first kappa shape index (κ1) is 16.3. The number of carbonyl (C=O) groups is 1. The predicted molar refractivity (Wildman–Crippen MR) is 90.6 cm³/mol. The molecule has 4 nitrogen and oxygen atoms in total. The Balaban J connectivity index is 2.12. The maximum absolute atomic E-state index is 11.9. The minimum Gasteiger partial charge on any atom is -0.362 e. The van der Waals surface area contributed by atoms with E-state index in [1.54, 1.807) is 0 Å². The molecular formula is C16H24BrN3O. The molecule has 0 unspecified atom stereocenters. The number of benzene rings is 1. The monoisotopic (exact) mass is 353 g/mol. The lowest BCUT2D eigenvalue weighted by atomic mass is 10.1. The molecular weight excluding hydrogens is 330 g/mol. The van der Waals surface area contributed by atoms with E-state index in [-0.39, 0.29) is 5.91 Å². The van der Waals surface area contributed by atoms with Crippen molar-refractivity contribution in [2.45, 2.75) is 39.3 Å². The molecule has 0 spiro atoms. The quantitative estimate of drug-likeness (QED) is 0.755. The number of carbonyl (C=O) groups excluding carboxylic acids is 1. The van der Waals surface area contributed by atoms with Gasteiger partial charge in [-0.25, -0.2) is 0 Å². The van der Waals surface area contributed by atoms with Crippen LogP contribution in [-0.2, 0) is 11.3 Å². The minimum absolute atomic E-state index is 0.0698. The van der Waals surface area contributed by atoms with Crippen LogP contribution in [0.2, 0.25) is 0 Å². The molecule has 0 atom stereocenters. The Morgan fingerprint density at radius 1 is 1.38 bits per heavy atom. The van der Waals surface area contributed by atoms with Gasteiger partial charge in [0, 0.05) is 35.8 Å². The topological polar surface area (TPSA) is 44.4 Å². The summed E-state index contributed by atoms with van der Waals surface area (Å²) >= 11 is 3.54. The fourth-order valence-electron chi connectivity index (χ4n) is 2.32. The van der Waals surface area contributed by atoms with Gasteiger partial charge in [0.2, 0.25) is 5.91 Å². The summed E-state index contributed by atoms with van der Waals surface area (Å²) in [6.07, 6.45) is 2.56. The third-order valence-electron chi connectivity index (χ3n) is 3.64. The maximum Gasteiger partial charge on any atom is 0.239 e. The van der Waals surface area contributed by atoms with Crippen LogP contribution in [0.5, 0.6) is 0 Å². The summed E-state index contributed by atoms with van der Waals surface area (Å²) in [4.78, 5) is 14.0. The van der Waals surface area contributed by atoms with E-state index in [0.29, 0.717) is 19.1 Å². The summed E-state index contributed by atoms with van der Waals surface area (Å²) in [5.74, 6) is 0.0698. The zero-order valence-corrected chi connectivity index (χ0v) is 14.4. The first-order valence-corrected chi connectivity index (χ1v) is 8.46. The van der Waals surface area contributed by atoms with E-state index in [9.17, 15) is 4.79 Å². The summed E-state index contributed by atoms with van der Waals surface area (Å²) in [6.45, 7) is 6.77. The highest BCUT2D eigenvalue weighted by molar-refractivity contribution is 9.10. The van der Waals surface area contributed by atoms with Crippen LogP contribution in [-0.4, -0.2) is 31.6 Å². The average Bonchev–Trinajstić information content (AvgIpc) is 3.28. The average molecular weight is 354 g/mol. The van der Waals surface area contributed by atoms with Gasteiger partial charge in [-0.2, -0.15) is 0 Å². The molecule has 1 aromatic rings. The van der Waals surface area contributed by atoms with Gasteiger partial charge in [0.1, 0.15) is 0 Å². The molecule has 0 saturated heterocycles. The summed E-state index contributed by atoms with van der Waals surface area (Å²) in [6, 6.07) is 6.98. The number of halogens is 1. The van der Waals surface area contributed by atoms with E-state index < -0.39 is 0 Å². The molecule has 0 aliphatic heterocycles. The zero-order chi connectivity index (χ0) is 15.2. The number of hydrogen-bond acceptors (Lipinski definition) is 3. The first-order valence-electron chi connectivity index (χ1n) is 7.67. The minimum atomic E-state index is 0.0698. The Morgan fingerprint density at radius 3 is 2.76 bits per heavy atom. The van der Waals surface area contributed by atoms with Crippen LogP contribution in [0.25, 0.3) is 0 Å². The molecule has 1 aliphatic carbocycles. The van der Waals surface area contributed by atoms with E-state index in [1.165, 1.54) is 18.4 Å². The number of amides is 1. The van der Waals surface area contributed by atoms with Gasteiger partial charge in [-0.3, -0.25) is 4.79 Å². The molecule has 21 heavy (non-hydrogen) atoms. The standard InChI is InChI=1S/C16H24BrN3O/c1-3-18-16(21)11-20(4-2)15-9-13(17)6-5-12(15)10-19-14-7-8-14/h5-6,9,14,19H,3-4,7-8,10-11H2,1-2H3,(H,18,21). The van der Waals surface area contributed by atoms with Crippen molar-refractivity contribution >= 4 is 27.5 Å². The van der Waals surface area contributed by atoms with Gasteiger partial charge < -0.3 is 15.5 Å². The van der Waals surface area contributed by atoms with Crippen molar-refractivity contribution in [3.8, 4) is 0 Å². The van der Waals surface area contributed by atoms with Crippen molar-refractivity contribution in [2.24, 2.45) is 0 Å². The largest absolute Gasteiger partial charge is 0.362 e. The van der Waals surface area contributed by atoms with Crippen molar-refractivity contribution < 1.29 is 4.79 Å². The van der Waals surface area contributed by atoms with E-state index >= 15 is 0 Å². The van der Waals surface area contributed by atoms with Crippen LogP contribution in [0.3, 0.4) is 0 Å². The highest BCUT2D eigenvalue weighted by atomic mass is 79.9. The Morgan fingerprint density at radius 2 is 2.14 bits per heavy atom. The Labute approximate surface area is 135 Å². The van der Waals surface area contributed by atoms with Gasteiger partial charge >= 0.3 is 0 Å². The lowest BCUT2D eigenvalue weighted by Gasteiger charge is -2.25. The predicted octanol–water partition coefficient (Wildman–Crippen LogP) is 2.66. The molecule has 0 radical (unpaired) electrons. The van der Waals surface area contributed by atoms with E-state index in [1.807, 2.05) is 6.92 Å². The van der Waals surface area contributed by atoms with Crippen LogP contribution in [0.15, 0.2) is 22.7 Å². The molecule has 1 aromatic carbocycles. The van der Waals surface area contributed by atoms with E-state index in [0.717, 1.165) is 23.2 Å². The lowest BCUT2D eigenvalue weighted by molar-refractivity contribution is -0.119. The molecule has 1 saturated carbocycles. The molecule has 0 heterocycles. The molecule has 2 rings (SSSR count). The molecule has 2 N–H and O–H groups in total. The van der Waals surface area contributed by atoms with Crippen molar-refractivity contribution in [3.63, 3.8) is 0 Å². The lowest BCUT2D eigenvalue weighted by Crippen LogP contribution is -2.37. The second kappa shape index (κ2) is 7.80. The SMILES string of the molecule is CCNC(=O)CN(CC)c1cc(Br)ccc1CNC1CC1. The number of nitrogens with one attached hydrogen (secondary N) is 2. The van der Waals surface area contributed by atoms with E-state index in [2.05, 4.69) is 56.6 Å². The highest BCUT2D eigenvalue weighted by Crippen LogP contribution is 2.27. The van der Waals surface area contributed by atoms with Crippen LogP contribution in [0.4, 0.5) is 5.69 Å². The third kappa shape index (κ3) is 5.00. The van der Waals surface area contributed by atoms with Gasteiger partial charge in [0.05, 0.1) is 6.54 Å². The second-order valence-electron chi connectivity index (χ2n) is 5.40. The van der Waals surface area contributed by atoms with Gasteiger partial charge in [0.25, 0.3) is 0 Å². The normalized spacial score (nSPS) is 14.0. The Bertz CT molecular complexity index is 488. The molecule has 116 valence electrons. The van der Waals surface area contributed by atoms with Gasteiger partial charge in [0.15, 0.2) is 0 Å². The Hall–Kier alpha value is -1.07. The summed E-state index contributed by atoms with van der Waals surface area (Å²) in [5.41, 5.74) is 2.38. The van der Waals surface area contributed by atoms with Crippen LogP contribution >= 0.6 is 15.9 Å². The molecule has 0 aromatic heterocycles. The smallest absolute Gasteiger partial charge is 0.239 e. The van der Waals surface area contributed by atoms with E-state index in [4.69, 9.17) is 0 Å². The van der Waals surface area contributed by atoms with Crippen LogP contribution in [0.1, 0.15) is 32.3 Å². The number of nitrogens with zero attached hydrogens (tertiary/aromatic N) is 1. The third-order valence-corrected chi connectivity index (χ3v) is 4.13. The summed E-state index contributed by atoms with van der Waals surface area (Å²) < 4.78 is 1.04. The van der Waals surface area contributed by atoms with Crippen molar-refractivity contribution in [1.29, 1.82) is 0 Å². The zero-order valence-electron chi connectivity index (χ0n) is 12.8. The first-order chi connectivity index (χ1) is 10.1. The van der Waals surface area contributed by atoms with Gasteiger partial charge in [-0.15, -0.1) is 0 Å². The highest BCUT2D eigenvalue weighted by Gasteiger charge is 2.21. The molecule has 1 amide bonds. The summed E-state index contributed by atoms with van der Waals surface area (Å²) in [7, 11) is 0. The number of likely N-dealkylation sites (N-methyl/N-ethyl adjacent to an activating group) is 2. The maximum atomic E-state index is 11.9. The molecule has 1 fully saturated rings. The van der Waals surface area contributed by atoms with Gasteiger partial charge in [-0.05, 0) is 44.4 Å². The van der Waals surface area contributed by atoms with Crippen LogP contribution in [0, 0.1) is 0 Å². The fraction of sp³-hybridized carbons (Fsp3) is 0.562. The fourth-order valence-corrected chi connectivity index (χ4v) is 2.67. The van der Waals surface area contributed by atoms with Crippen molar-refractivity contribution in [1.82, 2.24) is 10.6 Å². The van der Waals surface area contributed by atoms with Crippen molar-refractivity contribution in [3.05, 3.63) is 28.2 Å². The number of rotatable bonds is 8. The number of hydrogen-bond donors (Lipinski definition) is 2. The molecule has 1 aliphatic rings. The second-order valence-corrected chi connectivity index (χ2v) is 6.31.